The Bertz CT molecular complexity index is 1070. The average molecular weight is 427 g/mol. The van der Waals surface area contributed by atoms with Gasteiger partial charge in [-0.05, 0) is 38.1 Å². The number of benzene rings is 2. The molecule has 154 valence electrons. The van der Waals surface area contributed by atoms with Gasteiger partial charge in [0.25, 0.3) is 11.6 Å². The molecule has 0 radical (unpaired) electrons. The minimum atomic E-state index is -5.45. The van der Waals surface area contributed by atoms with Crippen molar-refractivity contribution in [2.24, 2.45) is 0 Å². The second-order valence-corrected chi connectivity index (χ2v) is 8.25. The first-order chi connectivity index (χ1) is 13.4. The summed E-state index contributed by atoms with van der Waals surface area (Å²) in [5.74, 6) is -1.80. The number of halogens is 3. The predicted octanol–water partition coefficient (Wildman–Crippen LogP) is 2.60. The van der Waals surface area contributed by atoms with Crippen molar-refractivity contribution in [2.75, 3.05) is 4.90 Å². The van der Waals surface area contributed by atoms with Crippen molar-refractivity contribution in [3.05, 3.63) is 59.7 Å². The number of nitrogens with zero attached hydrogens (tertiary/aromatic N) is 1. The van der Waals surface area contributed by atoms with E-state index < -0.39 is 38.7 Å². The number of hydrogen-bond acceptors (Lipinski definition) is 4. The van der Waals surface area contributed by atoms with E-state index >= 15 is 0 Å². The van der Waals surface area contributed by atoms with Gasteiger partial charge in [-0.1, -0.05) is 35.4 Å². The van der Waals surface area contributed by atoms with E-state index in [2.05, 4.69) is 0 Å². The minimum Gasteiger partial charge on any atom is -0.302 e. The SMILES string of the molecule is Cc1ccc(N2C(=O)N[C@@](NS(=O)(=O)c3ccc(C)cc3)(C(F)(F)F)C2=O)cc1. The van der Waals surface area contributed by atoms with Crippen LogP contribution in [0.15, 0.2) is 53.4 Å². The molecule has 1 heterocycles. The lowest BCUT2D eigenvalue weighted by atomic mass is 10.1. The number of imide groups is 1. The molecule has 0 bridgehead atoms. The predicted molar refractivity (Wildman–Crippen MR) is 97.5 cm³/mol. The lowest BCUT2D eigenvalue weighted by Crippen LogP contribution is -2.69. The maximum atomic E-state index is 13.9. The molecule has 2 N–H and O–H groups in total. The molecule has 2 aromatic rings. The Balaban J connectivity index is 2.06. The molecule has 0 aliphatic carbocycles. The third kappa shape index (κ3) is 3.58. The van der Waals surface area contributed by atoms with E-state index in [-0.39, 0.29) is 10.6 Å². The molecule has 1 saturated heterocycles. The Morgan fingerprint density at radius 2 is 1.41 bits per heavy atom. The van der Waals surface area contributed by atoms with Crippen LogP contribution >= 0.6 is 0 Å². The first-order valence-corrected chi connectivity index (χ1v) is 9.76. The van der Waals surface area contributed by atoms with Crippen LogP contribution in [0, 0.1) is 13.8 Å². The van der Waals surface area contributed by atoms with Crippen LogP contribution in [0.4, 0.5) is 23.7 Å². The van der Waals surface area contributed by atoms with Crippen LogP contribution in [0.2, 0.25) is 0 Å². The average Bonchev–Trinajstić information content (AvgIpc) is 2.87. The number of rotatable bonds is 4. The Morgan fingerprint density at radius 1 is 0.931 bits per heavy atom. The van der Waals surface area contributed by atoms with Crippen molar-refractivity contribution in [3.8, 4) is 0 Å². The maximum absolute atomic E-state index is 13.9. The first-order valence-electron chi connectivity index (χ1n) is 8.28. The van der Waals surface area contributed by atoms with E-state index in [1.165, 1.54) is 46.4 Å². The van der Waals surface area contributed by atoms with E-state index in [0.29, 0.717) is 5.56 Å². The van der Waals surface area contributed by atoms with Crippen molar-refractivity contribution >= 4 is 27.6 Å². The second-order valence-electron chi connectivity index (χ2n) is 6.57. The summed E-state index contributed by atoms with van der Waals surface area (Å²) in [6.45, 7) is 3.38. The number of anilines is 1. The summed E-state index contributed by atoms with van der Waals surface area (Å²) < 4.78 is 68.2. The van der Waals surface area contributed by atoms with Gasteiger partial charge in [0.15, 0.2) is 0 Å². The molecular weight excluding hydrogens is 411 g/mol. The molecule has 0 spiro atoms. The molecule has 1 aliphatic rings. The molecule has 2 aromatic carbocycles. The lowest BCUT2D eigenvalue weighted by molar-refractivity contribution is -0.194. The van der Waals surface area contributed by atoms with Crippen molar-refractivity contribution < 1.29 is 31.2 Å². The zero-order valence-electron chi connectivity index (χ0n) is 15.2. The number of carbonyl (C=O) groups is 2. The molecule has 1 fully saturated rings. The third-order valence-electron chi connectivity index (χ3n) is 4.36. The number of urea groups is 1. The number of aryl methyl sites for hydroxylation is 2. The molecule has 0 saturated carbocycles. The molecule has 1 aliphatic heterocycles. The van der Waals surface area contributed by atoms with E-state index in [4.69, 9.17) is 0 Å². The standard InChI is InChI=1S/C18H16F3N3O4S/c1-11-3-7-13(8-4-11)24-15(25)17(18(19,20)21,22-16(24)26)23-29(27,28)14-9-5-12(2)6-10-14/h3-10,23H,1-2H3,(H,22,26)/t17-/m0/s1. The van der Waals surface area contributed by atoms with Gasteiger partial charge in [-0.2, -0.15) is 17.9 Å². The monoisotopic (exact) mass is 427 g/mol. The van der Waals surface area contributed by atoms with Gasteiger partial charge in [-0.25, -0.2) is 18.1 Å². The number of nitrogens with one attached hydrogen (secondary N) is 2. The molecule has 3 rings (SSSR count). The lowest BCUT2D eigenvalue weighted by Gasteiger charge is -2.29. The Labute approximate surface area is 164 Å². The molecule has 0 aromatic heterocycles. The van der Waals surface area contributed by atoms with Gasteiger partial charge in [-0.15, -0.1) is 0 Å². The summed E-state index contributed by atoms with van der Waals surface area (Å²) in [5, 5.41) is 1.48. The highest BCUT2D eigenvalue weighted by atomic mass is 32.2. The molecule has 7 nitrogen and oxygen atoms in total. The molecule has 29 heavy (non-hydrogen) atoms. The van der Waals surface area contributed by atoms with Crippen molar-refractivity contribution in [1.29, 1.82) is 0 Å². The highest BCUT2D eigenvalue weighted by molar-refractivity contribution is 7.89. The fourth-order valence-corrected chi connectivity index (χ4v) is 4.02. The van der Waals surface area contributed by atoms with Gasteiger partial charge in [0.05, 0.1) is 10.6 Å². The maximum Gasteiger partial charge on any atom is 0.435 e. The summed E-state index contributed by atoms with van der Waals surface area (Å²) in [4.78, 5) is 24.8. The molecule has 3 amide bonds. The van der Waals surface area contributed by atoms with E-state index in [1.807, 2.05) is 0 Å². The molecule has 1 atom stereocenters. The zero-order valence-corrected chi connectivity index (χ0v) is 16.1. The van der Waals surface area contributed by atoms with Crippen LogP contribution in [0.1, 0.15) is 11.1 Å². The van der Waals surface area contributed by atoms with Crippen LogP contribution in [-0.2, 0) is 14.8 Å². The topological polar surface area (TPSA) is 95.6 Å². The van der Waals surface area contributed by atoms with Gasteiger partial charge < -0.3 is 5.32 Å². The fraction of sp³-hybridized carbons (Fsp3) is 0.222. The number of alkyl halides is 3. The number of sulfonamides is 1. The van der Waals surface area contributed by atoms with Crippen molar-refractivity contribution in [1.82, 2.24) is 10.0 Å². The van der Waals surface area contributed by atoms with Crippen LogP contribution in [-0.4, -0.2) is 32.2 Å². The summed E-state index contributed by atoms with van der Waals surface area (Å²) in [6, 6.07) is 9.15. The quantitative estimate of drug-likeness (QED) is 0.734. The zero-order chi connectivity index (χ0) is 21.6. The third-order valence-corrected chi connectivity index (χ3v) is 5.83. The summed E-state index contributed by atoms with van der Waals surface area (Å²) in [6.07, 6.45) is -5.45. The largest absolute Gasteiger partial charge is 0.435 e. The van der Waals surface area contributed by atoms with E-state index in [0.717, 1.165) is 17.7 Å². The van der Waals surface area contributed by atoms with Crippen molar-refractivity contribution in [2.45, 2.75) is 30.6 Å². The molecule has 11 heteroatoms. The Kier molecular flexibility index (Phi) is 4.91. The van der Waals surface area contributed by atoms with Crippen LogP contribution < -0.4 is 14.9 Å². The van der Waals surface area contributed by atoms with Gasteiger partial charge in [0.2, 0.25) is 10.0 Å². The fourth-order valence-electron chi connectivity index (χ4n) is 2.76. The number of carbonyl (C=O) groups excluding carboxylic acids is 2. The van der Waals surface area contributed by atoms with Crippen molar-refractivity contribution in [3.63, 3.8) is 0 Å². The molecular formula is C18H16F3N3O4S. The van der Waals surface area contributed by atoms with E-state index in [1.54, 1.807) is 13.8 Å². The summed E-state index contributed by atoms with van der Waals surface area (Å²) >= 11 is 0. The van der Waals surface area contributed by atoms with Gasteiger partial charge in [-0.3, -0.25) is 4.79 Å². The van der Waals surface area contributed by atoms with E-state index in [9.17, 15) is 31.2 Å². The normalized spacial score (nSPS) is 20.1. The van der Waals surface area contributed by atoms with Crippen LogP contribution in [0.25, 0.3) is 0 Å². The van der Waals surface area contributed by atoms with Gasteiger partial charge in [0.1, 0.15) is 0 Å². The number of amides is 3. The summed E-state index contributed by atoms with van der Waals surface area (Å²) in [5.41, 5.74) is -2.52. The minimum absolute atomic E-state index is 0.126. The number of hydrogen-bond donors (Lipinski definition) is 2. The first kappa shape index (κ1) is 20.8. The smallest absolute Gasteiger partial charge is 0.302 e. The van der Waals surface area contributed by atoms with Crippen LogP contribution in [0.5, 0.6) is 0 Å². The summed E-state index contributed by atoms with van der Waals surface area (Å²) in [7, 11) is -4.80. The second kappa shape index (κ2) is 6.85. The van der Waals surface area contributed by atoms with Gasteiger partial charge >= 0.3 is 12.2 Å². The van der Waals surface area contributed by atoms with Crippen LogP contribution in [0.3, 0.4) is 0 Å². The highest BCUT2D eigenvalue weighted by Crippen LogP contribution is 2.37. The Morgan fingerprint density at radius 3 is 1.90 bits per heavy atom. The Hall–Kier alpha value is -2.92. The van der Waals surface area contributed by atoms with Gasteiger partial charge in [0, 0.05) is 0 Å². The molecule has 0 unspecified atom stereocenters. The highest BCUT2D eigenvalue weighted by Gasteiger charge is 2.69.